The van der Waals surface area contributed by atoms with Crippen LogP contribution in [0.1, 0.15) is 11.1 Å². The van der Waals surface area contributed by atoms with Crippen LogP contribution in [0.5, 0.6) is 5.75 Å². The second-order valence-electron chi connectivity index (χ2n) is 6.85. The van der Waals surface area contributed by atoms with Gasteiger partial charge in [0.25, 0.3) is 0 Å². The van der Waals surface area contributed by atoms with Crippen molar-refractivity contribution in [1.82, 2.24) is 4.98 Å². The minimum absolute atomic E-state index is 0.214. The lowest BCUT2D eigenvalue weighted by Gasteiger charge is -2.09. The molecule has 0 bridgehead atoms. The van der Waals surface area contributed by atoms with E-state index >= 15 is 0 Å². The van der Waals surface area contributed by atoms with Crippen LogP contribution in [0.2, 0.25) is 0 Å². The minimum atomic E-state index is -0.214. The molecule has 1 N–H and O–H groups in total. The average molecular weight is 558 g/mol. The van der Waals surface area contributed by atoms with Gasteiger partial charge in [0, 0.05) is 27.4 Å². The van der Waals surface area contributed by atoms with E-state index in [2.05, 4.69) is 43.2 Å². The van der Waals surface area contributed by atoms with Crippen molar-refractivity contribution in [1.29, 1.82) is 0 Å². The number of carbonyl (C=O) groups is 1. The molecule has 31 heavy (non-hydrogen) atoms. The third-order valence-corrected chi connectivity index (χ3v) is 6.81. The molecule has 156 valence electrons. The Morgan fingerprint density at radius 1 is 1.13 bits per heavy atom. The fourth-order valence-electron chi connectivity index (χ4n) is 3.19. The van der Waals surface area contributed by atoms with E-state index in [0.29, 0.717) is 5.75 Å². The Morgan fingerprint density at radius 2 is 1.94 bits per heavy atom. The monoisotopic (exact) mass is 556 g/mol. The number of hydrogen-bond donors (Lipinski definition) is 1. The summed E-state index contributed by atoms with van der Waals surface area (Å²) < 4.78 is 8.28. The number of thiazole rings is 1. The van der Waals surface area contributed by atoms with Crippen LogP contribution in [-0.4, -0.2) is 18.0 Å². The van der Waals surface area contributed by atoms with E-state index in [-0.39, 0.29) is 5.91 Å². The molecule has 7 heteroatoms. The van der Waals surface area contributed by atoms with Gasteiger partial charge in [-0.3, -0.25) is 4.79 Å². The molecular formula is C24H18Br2N2O2S. The maximum absolute atomic E-state index is 12.5. The molecule has 0 unspecified atom stereocenters. The Balaban J connectivity index is 1.52. The highest BCUT2D eigenvalue weighted by molar-refractivity contribution is 9.11. The number of para-hydroxylation sites is 1. The Labute approximate surface area is 201 Å². The molecule has 0 aliphatic heterocycles. The van der Waals surface area contributed by atoms with Crippen molar-refractivity contribution in [3.63, 3.8) is 0 Å². The number of ether oxygens (including phenoxy) is 1. The molecule has 0 fully saturated rings. The summed E-state index contributed by atoms with van der Waals surface area (Å²) in [5.74, 6) is 0.456. The first-order valence-corrected chi connectivity index (χ1v) is 11.8. The predicted molar refractivity (Wildman–Crippen MR) is 136 cm³/mol. The van der Waals surface area contributed by atoms with E-state index in [1.54, 1.807) is 24.5 Å². The van der Waals surface area contributed by atoms with Gasteiger partial charge in [-0.25, -0.2) is 4.98 Å². The number of nitrogens with one attached hydrogen (secondary N) is 1. The number of rotatable bonds is 5. The van der Waals surface area contributed by atoms with Crippen molar-refractivity contribution >= 4 is 71.1 Å². The van der Waals surface area contributed by atoms with Crippen molar-refractivity contribution < 1.29 is 9.53 Å². The third kappa shape index (κ3) is 4.89. The quantitative estimate of drug-likeness (QED) is 0.259. The summed E-state index contributed by atoms with van der Waals surface area (Å²) in [6.45, 7) is 1.98. The standard InChI is InChI=1S/C24H18Br2N2O2S/c1-14-11-16(24-28-20-5-3-4-6-21(20)31-24)7-9-19(14)27-22(29)10-8-15-12-17(25)13-18(26)23(15)30-2/h3-13H,1-2H3,(H,27,29)/b10-8+. The number of aromatic nitrogens is 1. The third-order valence-electron chi connectivity index (χ3n) is 4.68. The van der Waals surface area contributed by atoms with E-state index in [9.17, 15) is 4.79 Å². The second-order valence-corrected chi connectivity index (χ2v) is 9.65. The molecule has 1 amide bonds. The zero-order chi connectivity index (χ0) is 22.0. The molecule has 0 radical (unpaired) electrons. The Bertz CT molecular complexity index is 1280. The number of hydrogen-bond acceptors (Lipinski definition) is 4. The topological polar surface area (TPSA) is 51.2 Å². The number of nitrogens with zero attached hydrogens (tertiary/aromatic N) is 1. The Hall–Kier alpha value is -2.48. The first-order chi connectivity index (χ1) is 14.9. The van der Waals surface area contributed by atoms with E-state index < -0.39 is 0 Å². The molecule has 0 spiro atoms. The predicted octanol–water partition coefficient (Wildman–Crippen LogP) is 7.46. The number of aryl methyl sites for hydroxylation is 1. The van der Waals surface area contributed by atoms with Gasteiger partial charge in [-0.1, -0.05) is 28.1 Å². The molecule has 0 atom stereocenters. The van der Waals surface area contributed by atoms with Crippen molar-refractivity contribution in [3.8, 4) is 16.3 Å². The van der Waals surface area contributed by atoms with Gasteiger partial charge in [0.1, 0.15) is 10.8 Å². The molecule has 0 aliphatic carbocycles. The fourth-order valence-corrected chi connectivity index (χ4v) is 5.57. The summed E-state index contributed by atoms with van der Waals surface area (Å²) >= 11 is 8.59. The zero-order valence-corrected chi connectivity index (χ0v) is 20.8. The van der Waals surface area contributed by atoms with Crippen molar-refractivity contribution in [3.05, 3.63) is 80.7 Å². The minimum Gasteiger partial charge on any atom is -0.495 e. The van der Waals surface area contributed by atoms with Crippen LogP contribution in [0, 0.1) is 6.92 Å². The van der Waals surface area contributed by atoms with Crippen LogP contribution >= 0.6 is 43.2 Å². The van der Waals surface area contributed by atoms with Crippen LogP contribution in [-0.2, 0) is 4.79 Å². The Kier molecular flexibility index (Phi) is 6.55. The lowest BCUT2D eigenvalue weighted by molar-refractivity contribution is -0.111. The van der Waals surface area contributed by atoms with Crippen molar-refractivity contribution in [2.75, 3.05) is 12.4 Å². The number of anilines is 1. The van der Waals surface area contributed by atoms with E-state index in [0.717, 1.165) is 46.5 Å². The summed E-state index contributed by atoms with van der Waals surface area (Å²) in [5.41, 5.74) is 4.57. The van der Waals surface area contributed by atoms with Gasteiger partial charge in [0.15, 0.2) is 0 Å². The molecule has 1 heterocycles. The summed E-state index contributed by atoms with van der Waals surface area (Å²) in [5, 5.41) is 3.91. The van der Waals surface area contributed by atoms with E-state index in [4.69, 9.17) is 9.72 Å². The maximum atomic E-state index is 12.5. The number of carbonyl (C=O) groups excluding carboxylic acids is 1. The molecule has 4 aromatic rings. The van der Waals surface area contributed by atoms with Gasteiger partial charge in [-0.2, -0.15) is 0 Å². The van der Waals surface area contributed by atoms with Gasteiger partial charge >= 0.3 is 0 Å². The molecular weight excluding hydrogens is 540 g/mol. The molecule has 3 aromatic carbocycles. The van der Waals surface area contributed by atoms with Gasteiger partial charge < -0.3 is 10.1 Å². The average Bonchev–Trinajstić information content (AvgIpc) is 3.17. The summed E-state index contributed by atoms with van der Waals surface area (Å²) in [7, 11) is 1.60. The SMILES string of the molecule is COc1c(Br)cc(Br)cc1/C=C/C(=O)Nc1ccc(-c2nc3ccccc3s2)cc1C. The highest BCUT2D eigenvalue weighted by Gasteiger charge is 2.10. The van der Waals surface area contributed by atoms with Gasteiger partial charge in [0.2, 0.25) is 5.91 Å². The first-order valence-electron chi connectivity index (χ1n) is 9.43. The highest BCUT2D eigenvalue weighted by Crippen LogP contribution is 2.34. The number of amides is 1. The van der Waals surface area contributed by atoms with Gasteiger partial charge in [0.05, 0.1) is 21.8 Å². The smallest absolute Gasteiger partial charge is 0.248 e. The molecule has 0 saturated heterocycles. The van der Waals surface area contributed by atoms with Crippen molar-refractivity contribution in [2.24, 2.45) is 0 Å². The summed E-state index contributed by atoms with van der Waals surface area (Å²) in [6, 6.07) is 17.8. The second kappa shape index (κ2) is 9.34. The molecule has 4 nitrogen and oxygen atoms in total. The summed E-state index contributed by atoms with van der Waals surface area (Å²) in [4.78, 5) is 17.2. The normalized spacial score (nSPS) is 11.2. The molecule has 0 aliphatic rings. The highest BCUT2D eigenvalue weighted by atomic mass is 79.9. The maximum Gasteiger partial charge on any atom is 0.248 e. The van der Waals surface area contributed by atoms with Crippen LogP contribution in [0.4, 0.5) is 5.69 Å². The zero-order valence-electron chi connectivity index (χ0n) is 16.8. The largest absolute Gasteiger partial charge is 0.495 e. The van der Waals surface area contributed by atoms with E-state index in [1.165, 1.54) is 6.08 Å². The van der Waals surface area contributed by atoms with Crippen LogP contribution in [0.3, 0.4) is 0 Å². The lowest BCUT2D eigenvalue weighted by Crippen LogP contribution is -2.09. The number of halogens is 2. The van der Waals surface area contributed by atoms with Crippen LogP contribution < -0.4 is 10.1 Å². The first kappa shape index (κ1) is 21.7. The fraction of sp³-hybridized carbons (Fsp3) is 0.0833. The lowest BCUT2D eigenvalue weighted by atomic mass is 10.1. The molecule has 1 aromatic heterocycles. The number of fused-ring (bicyclic) bond motifs is 1. The number of methoxy groups -OCH3 is 1. The van der Waals surface area contributed by atoms with E-state index in [1.807, 2.05) is 55.5 Å². The van der Waals surface area contributed by atoms with Gasteiger partial charge in [-0.05, 0) is 77.0 Å². The van der Waals surface area contributed by atoms with Gasteiger partial charge in [-0.15, -0.1) is 11.3 Å². The van der Waals surface area contributed by atoms with Crippen molar-refractivity contribution in [2.45, 2.75) is 6.92 Å². The Morgan fingerprint density at radius 3 is 2.68 bits per heavy atom. The number of benzene rings is 3. The van der Waals surface area contributed by atoms with Crippen LogP contribution in [0.25, 0.3) is 26.9 Å². The van der Waals surface area contributed by atoms with Crippen LogP contribution in [0.15, 0.2) is 69.6 Å². The summed E-state index contributed by atoms with van der Waals surface area (Å²) in [6.07, 6.45) is 3.23. The molecule has 4 rings (SSSR count). The molecule has 0 saturated carbocycles.